The summed E-state index contributed by atoms with van der Waals surface area (Å²) in [6, 6.07) is 5.55. The lowest BCUT2D eigenvalue weighted by Gasteiger charge is -2.26. The number of fused-ring (bicyclic) bond motifs is 1. The van der Waals surface area contributed by atoms with Crippen LogP contribution in [0.15, 0.2) is 23.1 Å². The number of hydrogen-bond donors (Lipinski definition) is 1. The van der Waals surface area contributed by atoms with E-state index in [0.717, 1.165) is 37.2 Å². The number of aryl methyl sites for hydroxylation is 2. The second kappa shape index (κ2) is 6.51. The highest BCUT2D eigenvalue weighted by molar-refractivity contribution is 7.99. The van der Waals surface area contributed by atoms with Gasteiger partial charge in [0.1, 0.15) is 0 Å². The van der Waals surface area contributed by atoms with Crippen molar-refractivity contribution in [2.24, 2.45) is 0 Å². The van der Waals surface area contributed by atoms with Crippen LogP contribution in [0.3, 0.4) is 0 Å². The zero-order chi connectivity index (χ0) is 15.6. The summed E-state index contributed by atoms with van der Waals surface area (Å²) in [5.74, 6) is 1.87. The average molecular weight is 341 g/mol. The summed E-state index contributed by atoms with van der Waals surface area (Å²) < 4.78 is 33.4. The molecule has 0 saturated carbocycles. The zero-order valence-corrected chi connectivity index (χ0v) is 14.6. The highest BCUT2D eigenvalue weighted by Gasteiger charge is 2.35. The van der Waals surface area contributed by atoms with Crippen LogP contribution in [0.25, 0.3) is 0 Å². The van der Waals surface area contributed by atoms with Gasteiger partial charge in [0.25, 0.3) is 0 Å². The predicted molar refractivity (Wildman–Crippen MR) is 90.0 cm³/mol. The molecule has 1 N–H and O–H groups in total. The Morgan fingerprint density at radius 2 is 2.05 bits per heavy atom. The third-order valence-corrected chi connectivity index (χ3v) is 7.34. The first-order chi connectivity index (χ1) is 10.5. The van der Waals surface area contributed by atoms with Crippen LogP contribution in [0.2, 0.25) is 0 Å². The third kappa shape index (κ3) is 3.35. The first-order valence-corrected chi connectivity index (χ1v) is 10.4. The lowest BCUT2D eigenvalue weighted by Crippen LogP contribution is -2.44. The summed E-state index contributed by atoms with van der Waals surface area (Å²) >= 11 is 1.81. The second-order valence-electron chi connectivity index (χ2n) is 6.15. The van der Waals surface area contributed by atoms with Crippen molar-refractivity contribution < 1.29 is 13.2 Å². The van der Waals surface area contributed by atoms with E-state index in [1.807, 2.05) is 23.9 Å². The Balaban J connectivity index is 1.75. The van der Waals surface area contributed by atoms with Crippen LogP contribution in [0, 0.1) is 0 Å². The number of rotatable bonds is 5. The fraction of sp³-hybridized carbons (Fsp3) is 0.625. The zero-order valence-electron chi connectivity index (χ0n) is 12.9. The maximum Gasteiger partial charge on any atom is 0.240 e. The maximum absolute atomic E-state index is 12.6. The minimum absolute atomic E-state index is 0.343. The van der Waals surface area contributed by atoms with Crippen molar-refractivity contribution in [2.75, 3.05) is 25.2 Å². The van der Waals surface area contributed by atoms with E-state index < -0.39 is 10.0 Å². The summed E-state index contributed by atoms with van der Waals surface area (Å²) in [5, 5.41) is 0. The van der Waals surface area contributed by atoms with E-state index >= 15 is 0 Å². The van der Waals surface area contributed by atoms with E-state index in [2.05, 4.69) is 4.72 Å². The molecule has 0 spiro atoms. The largest absolute Gasteiger partial charge is 0.376 e. The maximum atomic E-state index is 12.6. The van der Waals surface area contributed by atoms with Gasteiger partial charge in [0.15, 0.2) is 0 Å². The van der Waals surface area contributed by atoms with Crippen molar-refractivity contribution in [1.29, 1.82) is 0 Å². The van der Waals surface area contributed by atoms with E-state index in [0.29, 0.717) is 11.4 Å². The molecule has 1 aliphatic heterocycles. The van der Waals surface area contributed by atoms with Gasteiger partial charge in [-0.25, -0.2) is 13.1 Å². The summed E-state index contributed by atoms with van der Waals surface area (Å²) in [6.45, 7) is 0.343. The molecule has 2 aliphatic rings. The van der Waals surface area contributed by atoms with Crippen molar-refractivity contribution in [3.05, 3.63) is 29.3 Å². The number of ether oxygens (including phenoxy) is 1. The van der Waals surface area contributed by atoms with Gasteiger partial charge in [-0.15, -0.1) is 0 Å². The molecule has 3 rings (SSSR count). The van der Waals surface area contributed by atoms with E-state index in [1.165, 1.54) is 17.5 Å². The Hall–Kier alpha value is -0.560. The first-order valence-electron chi connectivity index (χ1n) is 7.79. The molecule has 22 heavy (non-hydrogen) atoms. The minimum Gasteiger partial charge on any atom is -0.376 e. The second-order valence-corrected chi connectivity index (χ2v) is 9.02. The van der Waals surface area contributed by atoms with Crippen molar-refractivity contribution in [2.45, 2.75) is 42.6 Å². The third-order valence-electron chi connectivity index (χ3n) is 4.71. The SMILES string of the molecule is COC1(CNS(=O)(=O)c2ccc3c(c2)CCCC3)CCSC1. The molecule has 1 unspecified atom stereocenters. The van der Waals surface area contributed by atoms with Crippen LogP contribution >= 0.6 is 11.8 Å². The molecule has 122 valence electrons. The van der Waals surface area contributed by atoms with Gasteiger partial charge < -0.3 is 4.74 Å². The summed E-state index contributed by atoms with van der Waals surface area (Å²) in [7, 11) is -1.80. The van der Waals surface area contributed by atoms with Gasteiger partial charge in [0.05, 0.1) is 10.5 Å². The topological polar surface area (TPSA) is 55.4 Å². The smallest absolute Gasteiger partial charge is 0.240 e. The minimum atomic E-state index is -3.47. The lowest BCUT2D eigenvalue weighted by atomic mass is 9.92. The van der Waals surface area contributed by atoms with Crippen LogP contribution < -0.4 is 4.72 Å². The summed E-state index contributed by atoms with van der Waals surface area (Å²) in [4.78, 5) is 0.380. The van der Waals surface area contributed by atoms with Gasteiger partial charge in [-0.05, 0) is 61.1 Å². The molecule has 1 aliphatic carbocycles. The van der Waals surface area contributed by atoms with Gasteiger partial charge in [-0.1, -0.05) is 6.07 Å². The Morgan fingerprint density at radius 1 is 1.27 bits per heavy atom. The first kappa shape index (κ1) is 16.3. The van der Waals surface area contributed by atoms with E-state index in [1.54, 1.807) is 13.2 Å². The van der Waals surface area contributed by atoms with E-state index in [4.69, 9.17) is 4.74 Å². The Kier molecular flexibility index (Phi) is 4.83. The number of thioether (sulfide) groups is 1. The fourth-order valence-electron chi connectivity index (χ4n) is 3.15. The van der Waals surface area contributed by atoms with Gasteiger partial charge in [0.2, 0.25) is 10.0 Å². The van der Waals surface area contributed by atoms with Crippen LogP contribution in [0.5, 0.6) is 0 Å². The van der Waals surface area contributed by atoms with E-state index in [9.17, 15) is 8.42 Å². The molecular weight excluding hydrogens is 318 g/mol. The van der Waals surface area contributed by atoms with Crippen LogP contribution in [-0.4, -0.2) is 39.2 Å². The molecule has 0 aromatic heterocycles. The van der Waals surface area contributed by atoms with Gasteiger partial charge in [0, 0.05) is 19.4 Å². The number of methoxy groups -OCH3 is 1. The number of benzene rings is 1. The van der Waals surface area contributed by atoms with E-state index in [-0.39, 0.29) is 5.60 Å². The molecule has 1 saturated heterocycles. The normalized spacial score (nSPS) is 25.1. The Bertz CT molecular complexity index is 637. The Morgan fingerprint density at radius 3 is 2.73 bits per heavy atom. The fourth-order valence-corrected chi connectivity index (χ4v) is 5.71. The predicted octanol–water partition coefficient (Wildman–Crippen LogP) is 2.37. The molecule has 1 aromatic rings. The lowest BCUT2D eigenvalue weighted by molar-refractivity contribution is 0.0179. The highest BCUT2D eigenvalue weighted by Crippen LogP contribution is 2.31. The molecule has 1 heterocycles. The van der Waals surface area contributed by atoms with Gasteiger partial charge in [-0.3, -0.25) is 0 Å². The summed E-state index contributed by atoms with van der Waals surface area (Å²) in [6.07, 6.45) is 5.28. The molecule has 1 fully saturated rings. The number of nitrogens with one attached hydrogen (secondary N) is 1. The molecule has 0 radical (unpaired) electrons. The van der Waals surface area contributed by atoms with Crippen molar-refractivity contribution in [3.63, 3.8) is 0 Å². The van der Waals surface area contributed by atoms with Crippen LogP contribution in [0.4, 0.5) is 0 Å². The highest BCUT2D eigenvalue weighted by atomic mass is 32.2. The van der Waals surface area contributed by atoms with Crippen LogP contribution in [0.1, 0.15) is 30.4 Å². The molecule has 4 nitrogen and oxygen atoms in total. The number of hydrogen-bond acceptors (Lipinski definition) is 4. The monoisotopic (exact) mass is 341 g/mol. The average Bonchev–Trinajstić information content (AvgIpc) is 3.02. The molecule has 1 atom stereocenters. The molecule has 0 bridgehead atoms. The van der Waals surface area contributed by atoms with Crippen molar-refractivity contribution in [3.8, 4) is 0 Å². The molecular formula is C16H23NO3S2. The standard InChI is InChI=1S/C16H23NO3S2/c1-20-16(8-9-21-12-16)11-17-22(18,19)15-7-6-13-4-2-3-5-14(13)10-15/h6-7,10,17H,2-5,8-9,11-12H2,1H3. The quantitative estimate of drug-likeness (QED) is 0.893. The summed E-state index contributed by atoms with van der Waals surface area (Å²) in [5.41, 5.74) is 2.13. The van der Waals surface area contributed by atoms with Crippen molar-refractivity contribution >= 4 is 21.8 Å². The van der Waals surface area contributed by atoms with Gasteiger partial charge >= 0.3 is 0 Å². The molecule has 6 heteroatoms. The molecule has 1 aromatic carbocycles. The number of sulfonamides is 1. The van der Waals surface area contributed by atoms with Crippen LogP contribution in [-0.2, 0) is 27.6 Å². The van der Waals surface area contributed by atoms with Gasteiger partial charge in [-0.2, -0.15) is 11.8 Å². The molecule has 0 amide bonds. The Labute approximate surface area is 137 Å². The van der Waals surface area contributed by atoms with Crippen molar-refractivity contribution in [1.82, 2.24) is 4.72 Å².